The van der Waals surface area contributed by atoms with Crippen LogP contribution in [0.4, 0.5) is 0 Å². The highest BCUT2D eigenvalue weighted by molar-refractivity contribution is 6.31. The summed E-state index contributed by atoms with van der Waals surface area (Å²) in [4.78, 5) is 7.87. The lowest BCUT2D eigenvalue weighted by Gasteiger charge is -2.27. The van der Waals surface area contributed by atoms with Crippen LogP contribution in [0.5, 0.6) is 5.75 Å². The molecule has 0 spiro atoms. The number of aliphatic hydroxyl groups excluding tert-OH is 1. The highest BCUT2D eigenvalue weighted by Gasteiger charge is 2.26. The fraction of sp³-hybridized carbons (Fsp3) is 0.458. The lowest BCUT2D eigenvalue weighted by atomic mass is 10.0. The number of benzene rings is 2. The topological polar surface area (TPSA) is 63.5 Å². The van der Waals surface area contributed by atoms with Crippen LogP contribution in [0, 0.1) is 0 Å². The highest BCUT2D eigenvalue weighted by atomic mass is 35.5. The van der Waals surface area contributed by atoms with Gasteiger partial charge in [0.2, 0.25) is 0 Å². The first-order valence-corrected chi connectivity index (χ1v) is 10.9. The first-order chi connectivity index (χ1) is 14.9. The fourth-order valence-corrected chi connectivity index (χ4v) is 3.69. The molecular formula is C24H31ClN2O4. The molecule has 1 aliphatic rings. The Kier molecular flexibility index (Phi) is 8.72. The summed E-state index contributed by atoms with van der Waals surface area (Å²) >= 11 is 6.37. The van der Waals surface area contributed by atoms with Crippen LogP contribution in [0.15, 0.2) is 53.7 Å². The summed E-state index contributed by atoms with van der Waals surface area (Å²) in [6.45, 7) is 5.88. The smallest absolute Gasteiger partial charge is 0.145 e. The van der Waals surface area contributed by atoms with Crippen LogP contribution in [-0.4, -0.2) is 60.8 Å². The van der Waals surface area contributed by atoms with Crippen molar-refractivity contribution in [2.75, 3.05) is 26.8 Å². The summed E-state index contributed by atoms with van der Waals surface area (Å²) in [5.74, 6) is 0.809. The van der Waals surface area contributed by atoms with Gasteiger partial charge in [0.05, 0.1) is 31.6 Å². The number of halogens is 1. The number of oxime groups is 1. The molecule has 6 nitrogen and oxygen atoms in total. The third kappa shape index (κ3) is 7.21. The molecular weight excluding hydrogens is 416 g/mol. The minimum absolute atomic E-state index is 0.0743. The molecule has 0 amide bonds. The maximum atomic E-state index is 10.5. The van der Waals surface area contributed by atoms with Gasteiger partial charge in [0.1, 0.15) is 11.9 Å². The van der Waals surface area contributed by atoms with Gasteiger partial charge in [0.25, 0.3) is 0 Å². The van der Waals surface area contributed by atoms with Crippen LogP contribution in [0.2, 0.25) is 5.02 Å². The third-order valence-corrected chi connectivity index (χ3v) is 5.43. The Morgan fingerprint density at radius 3 is 2.61 bits per heavy atom. The first kappa shape index (κ1) is 23.5. The van der Waals surface area contributed by atoms with Gasteiger partial charge in [-0.15, -0.1) is 0 Å². The minimum Gasteiger partial charge on any atom is -0.497 e. The molecule has 1 heterocycles. The van der Waals surface area contributed by atoms with E-state index in [-0.39, 0.29) is 18.8 Å². The average molecular weight is 447 g/mol. The van der Waals surface area contributed by atoms with Gasteiger partial charge in [-0.05, 0) is 55.3 Å². The van der Waals surface area contributed by atoms with Crippen LogP contribution in [0.25, 0.3) is 0 Å². The number of hydrogen-bond donors (Lipinski definition) is 1. The molecule has 168 valence electrons. The zero-order valence-electron chi connectivity index (χ0n) is 18.3. The third-order valence-electron chi connectivity index (χ3n) is 5.06. The SMILES string of the molecule is COc1ccc(C2=NO[C@@H](CN(Cc3ccccc3Cl)C[C@H](O)COC(C)C)C2)cc1. The number of rotatable bonds is 11. The molecule has 0 aliphatic carbocycles. The Morgan fingerprint density at radius 2 is 1.94 bits per heavy atom. The number of nitrogens with zero attached hydrogens (tertiary/aromatic N) is 2. The highest BCUT2D eigenvalue weighted by Crippen LogP contribution is 2.22. The summed E-state index contributed by atoms with van der Waals surface area (Å²) in [5, 5.41) is 15.5. The van der Waals surface area contributed by atoms with E-state index < -0.39 is 6.10 Å². The predicted molar refractivity (Wildman–Crippen MR) is 123 cm³/mol. The van der Waals surface area contributed by atoms with Gasteiger partial charge < -0.3 is 19.4 Å². The van der Waals surface area contributed by atoms with Crippen LogP contribution >= 0.6 is 11.6 Å². The van der Waals surface area contributed by atoms with E-state index in [4.69, 9.17) is 25.9 Å². The van der Waals surface area contributed by atoms with Crippen molar-refractivity contribution in [2.45, 2.75) is 45.1 Å². The Labute approximate surface area is 189 Å². The second-order valence-electron chi connectivity index (χ2n) is 8.02. The average Bonchev–Trinajstić information content (AvgIpc) is 3.22. The summed E-state index contributed by atoms with van der Waals surface area (Å²) in [5.41, 5.74) is 2.94. The number of hydrogen-bond acceptors (Lipinski definition) is 6. The van der Waals surface area contributed by atoms with Crippen molar-refractivity contribution < 1.29 is 19.4 Å². The molecule has 0 radical (unpaired) electrons. The monoisotopic (exact) mass is 446 g/mol. The van der Waals surface area contributed by atoms with Gasteiger partial charge in [-0.2, -0.15) is 0 Å². The normalized spacial score (nSPS) is 17.0. The molecule has 1 N–H and O–H groups in total. The zero-order valence-corrected chi connectivity index (χ0v) is 19.1. The van der Waals surface area contributed by atoms with E-state index in [0.717, 1.165) is 22.6 Å². The van der Waals surface area contributed by atoms with Gasteiger partial charge in [0, 0.05) is 31.1 Å². The summed E-state index contributed by atoms with van der Waals surface area (Å²) in [6.07, 6.45) is 0.0700. The first-order valence-electron chi connectivity index (χ1n) is 10.6. The van der Waals surface area contributed by atoms with Crippen LogP contribution < -0.4 is 4.74 Å². The summed E-state index contributed by atoms with van der Waals surface area (Å²) in [7, 11) is 1.65. The lowest BCUT2D eigenvalue weighted by molar-refractivity contribution is -0.0194. The minimum atomic E-state index is -0.603. The van der Waals surface area contributed by atoms with Crippen molar-refractivity contribution in [3.63, 3.8) is 0 Å². The van der Waals surface area contributed by atoms with Gasteiger partial charge in [-0.3, -0.25) is 4.90 Å². The van der Waals surface area contributed by atoms with E-state index in [1.807, 2.05) is 62.4 Å². The molecule has 0 saturated carbocycles. The van der Waals surface area contributed by atoms with E-state index in [0.29, 0.717) is 31.1 Å². The van der Waals surface area contributed by atoms with E-state index in [9.17, 15) is 5.11 Å². The molecule has 2 atom stereocenters. The summed E-state index contributed by atoms with van der Waals surface area (Å²) in [6, 6.07) is 15.6. The molecule has 0 saturated heterocycles. The van der Waals surface area contributed by atoms with Crippen LogP contribution in [0.1, 0.15) is 31.4 Å². The van der Waals surface area contributed by atoms with E-state index >= 15 is 0 Å². The molecule has 31 heavy (non-hydrogen) atoms. The van der Waals surface area contributed by atoms with Gasteiger partial charge in [0.15, 0.2) is 0 Å². The van der Waals surface area contributed by atoms with Crippen molar-refractivity contribution in [3.8, 4) is 5.75 Å². The van der Waals surface area contributed by atoms with Crippen molar-refractivity contribution in [3.05, 3.63) is 64.7 Å². The molecule has 1 aliphatic heterocycles. The standard InChI is InChI=1S/C24H31ClN2O4/c1-17(2)30-16-20(28)14-27(13-19-6-4-5-7-23(19)25)15-22-12-24(26-31-22)18-8-10-21(29-3)11-9-18/h4-11,17,20,22,28H,12-16H2,1-3H3/t20-,22+/m0/s1. The Balaban J connectivity index is 1.62. The molecule has 3 rings (SSSR count). The maximum absolute atomic E-state index is 10.5. The molecule has 0 aromatic heterocycles. The Morgan fingerprint density at radius 1 is 1.19 bits per heavy atom. The molecule has 0 fully saturated rings. The second kappa shape index (κ2) is 11.5. The Hall–Kier alpha value is -2.12. The van der Waals surface area contributed by atoms with Gasteiger partial charge in [-0.1, -0.05) is 35.0 Å². The van der Waals surface area contributed by atoms with Crippen LogP contribution in [0.3, 0.4) is 0 Å². The molecule has 2 aromatic carbocycles. The van der Waals surface area contributed by atoms with Crippen molar-refractivity contribution >= 4 is 17.3 Å². The van der Waals surface area contributed by atoms with Crippen molar-refractivity contribution in [1.29, 1.82) is 0 Å². The quantitative estimate of drug-likeness (QED) is 0.562. The fourth-order valence-electron chi connectivity index (χ4n) is 3.49. The number of aliphatic hydroxyl groups is 1. The predicted octanol–water partition coefficient (Wildman–Crippen LogP) is 4.13. The van der Waals surface area contributed by atoms with Gasteiger partial charge >= 0.3 is 0 Å². The van der Waals surface area contributed by atoms with Crippen LogP contribution in [-0.2, 0) is 16.1 Å². The number of ether oxygens (including phenoxy) is 2. The molecule has 7 heteroatoms. The van der Waals surface area contributed by atoms with E-state index in [2.05, 4.69) is 10.1 Å². The summed E-state index contributed by atoms with van der Waals surface area (Å²) < 4.78 is 10.8. The maximum Gasteiger partial charge on any atom is 0.145 e. The van der Waals surface area contributed by atoms with Crippen molar-refractivity contribution in [1.82, 2.24) is 4.90 Å². The largest absolute Gasteiger partial charge is 0.497 e. The van der Waals surface area contributed by atoms with E-state index in [1.54, 1.807) is 7.11 Å². The Bertz CT molecular complexity index is 857. The number of methoxy groups -OCH3 is 1. The molecule has 0 unspecified atom stereocenters. The van der Waals surface area contributed by atoms with E-state index in [1.165, 1.54) is 0 Å². The molecule has 2 aromatic rings. The lowest BCUT2D eigenvalue weighted by Crippen LogP contribution is -2.39. The van der Waals surface area contributed by atoms with Gasteiger partial charge in [-0.25, -0.2) is 0 Å². The molecule has 0 bridgehead atoms. The zero-order chi connectivity index (χ0) is 22.2. The van der Waals surface area contributed by atoms with Crippen molar-refractivity contribution in [2.24, 2.45) is 5.16 Å². The second-order valence-corrected chi connectivity index (χ2v) is 8.43.